The highest BCUT2D eigenvalue weighted by Crippen LogP contribution is 2.32. The number of benzene rings is 1. The molecule has 1 unspecified atom stereocenters. The molecule has 1 N–H and O–H groups in total. The van der Waals surface area contributed by atoms with Gasteiger partial charge in [0, 0.05) is 9.75 Å². The van der Waals surface area contributed by atoms with Crippen LogP contribution in [0.25, 0.3) is 0 Å². The van der Waals surface area contributed by atoms with Crippen molar-refractivity contribution in [3.05, 3.63) is 50.7 Å². The van der Waals surface area contributed by atoms with Gasteiger partial charge in [0.25, 0.3) is 0 Å². The van der Waals surface area contributed by atoms with Gasteiger partial charge >= 0.3 is 0 Å². The second-order valence-corrected chi connectivity index (χ2v) is 5.81. The molecular formula is C15H18O2S. The highest BCUT2D eigenvalue weighted by molar-refractivity contribution is 7.12. The maximum absolute atomic E-state index is 10.4. The Hall–Kier alpha value is -1.32. The molecule has 0 saturated carbocycles. The van der Waals surface area contributed by atoms with Gasteiger partial charge in [-0.05, 0) is 55.7 Å². The minimum Gasteiger partial charge on any atom is -0.496 e. The molecule has 0 spiro atoms. The van der Waals surface area contributed by atoms with Crippen LogP contribution in [0.1, 0.15) is 32.5 Å². The topological polar surface area (TPSA) is 29.5 Å². The van der Waals surface area contributed by atoms with E-state index >= 15 is 0 Å². The van der Waals surface area contributed by atoms with Gasteiger partial charge in [-0.2, -0.15) is 0 Å². The lowest BCUT2D eigenvalue weighted by molar-refractivity contribution is 0.224. The van der Waals surface area contributed by atoms with Crippen LogP contribution in [0.15, 0.2) is 24.3 Å². The number of aliphatic hydroxyl groups is 1. The number of thiophene rings is 1. The van der Waals surface area contributed by atoms with E-state index in [-0.39, 0.29) is 0 Å². The molecule has 1 heterocycles. The number of hydrogen-bond donors (Lipinski definition) is 1. The zero-order valence-corrected chi connectivity index (χ0v) is 12.0. The summed E-state index contributed by atoms with van der Waals surface area (Å²) in [5, 5.41) is 10.4. The van der Waals surface area contributed by atoms with Gasteiger partial charge in [-0.15, -0.1) is 11.3 Å². The second kappa shape index (κ2) is 5.12. The minimum absolute atomic E-state index is 0.549. The standard InChI is InChI=1S/C15H18O2S/c1-9-8-14(18-11(9)3)15(16)12-5-6-13(17-4)10(2)7-12/h5-8,15-16H,1-4H3. The molecule has 1 aromatic heterocycles. The number of ether oxygens (including phenoxy) is 1. The van der Waals surface area contributed by atoms with Crippen LogP contribution in [0.3, 0.4) is 0 Å². The van der Waals surface area contributed by atoms with E-state index in [1.54, 1.807) is 18.4 Å². The molecular weight excluding hydrogens is 244 g/mol. The van der Waals surface area contributed by atoms with Gasteiger partial charge in [0.05, 0.1) is 7.11 Å². The third-order valence-corrected chi connectivity index (χ3v) is 4.39. The van der Waals surface area contributed by atoms with Crippen LogP contribution in [0.2, 0.25) is 0 Å². The maximum Gasteiger partial charge on any atom is 0.121 e. The highest BCUT2D eigenvalue weighted by atomic mass is 32.1. The molecule has 96 valence electrons. The summed E-state index contributed by atoms with van der Waals surface area (Å²) in [6, 6.07) is 7.86. The van der Waals surface area contributed by atoms with E-state index in [0.717, 1.165) is 21.8 Å². The molecule has 0 radical (unpaired) electrons. The predicted molar refractivity (Wildman–Crippen MR) is 75.6 cm³/mol. The molecule has 18 heavy (non-hydrogen) atoms. The van der Waals surface area contributed by atoms with E-state index in [1.807, 2.05) is 25.1 Å². The lowest BCUT2D eigenvalue weighted by atomic mass is 10.0. The van der Waals surface area contributed by atoms with E-state index in [0.29, 0.717) is 0 Å². The van der Waals surface area contributed by atoms with Gasteiger partial charge < -0.3 is 9.84 Å². The normalized spacial score (nSPS) is 12.5. The van der Waals surface area contributed by atoms with Gasteiger partial charge in [-0.1, -0.05) is 6.07 Å². The van der Waals surface area contributed by atoms with Gasteiger partial charge in [-0.25, -0.2) is 0 Å². The molecule has 2 nitrogen and oxygen atoms in total. The van der Waals surface area contributed by atoms with Crippen molar-refractivity contribution in [2.75, 3.05) is 7.11 Å². The zero-order chi connectivity index (χ0) is 13.3. The van der Waals surface area contributed by atoms with Crippen LogP contribution in [0.5, 0.6) is 5.75 Å². The molecule has 0 amide bonds. The fourth-order valence-corrected chi connectivity index (χ4v) is 3.03. The minimum atomic E-state index is -0.549. The van der Waals surface area contributed by atoms with Crippen LogP contribution < -0.4 is 4.74 Å². The lowest BCUT2D eigenvalue weighted by Gasteiger charge is -2.12. The van der Waals surface area contributed by atoms with Crippen LogP contribution in [-0.2, 0) is 0 Å². The number of methoxy groups -OCH3 is 1. The zero-order valence-electron chi connectivity index (χ0n) is 11.2. The Morgan fingerprint density at radius 2 is 1.83 bits per heavy atom. The molecule has 0 aliphatic carbocycles. The Morgan fingerprint density at radius 1 is 1.11 bits per heavy atom. The molecule has 0 saturated heterocycles. The van der Waals surface area contributed by atoms with E-state index in [9.17, 15) is 5.11 Å². The van der Waals surface area contributed by atoms with Crippen molar-refractivity contribution in [3.63, 3.8) is 0 Å². The van der Waals surface area contributed by atoms with Crippen molar-refractivity contribution in [3.8, 4) is 5.75 Å². The summed E-state index contributed by atoms with van der Waals surface area (Å²) >= 11 is 1.65. The second-order valence-electron chi connectivity index (χ2n) is 4.52. The van der Waals surface area contributed by atoms with Crippen molar-refractivity contribution in [2.45, 2.75) is 26.9 Å². The van der Waals surface area contributed by atoms with Gasteiger partial charge in [-0.3, -0.25) is 0 Å². The van der Waals surface area contributed by atoms with Crippen molar-refractivity contribution in [1.82, 2.24) is 0 Å². The van der Waals surface area contributed by atoms with Crippen molar-refractivity contribution in [1.29, 1.82) is 0 Å². The van der Waals surface area contributed by atoms with E-state index < -0.39 is 6.10 Å². The molecule has 0 fully saturated rings. The summed E-state index contributed by atoms with van der Waals surface area (Å²) < 4.78 is 5.23. The summed E-state index contributed by atoms with van der Waals surface area (Å²) in [5.74, 6) is 0.851. The Morgan fingerprint density at radius 3 is 2.33 bits per heavy atom. The van der Waals surface area contributed by atoms with Crippen LogP contribution >= 0.6 is 11.3 Å². The molecule has 3 heteroatoms. The third-order valence-electron chi connectivity index (χ3n) is 3.19. The molecule has 2 rings (SSSR count). The number of rotatable bonds is 3. The summed E-state index contributed by atoms with van der Waals surface area (Å²) in [5.41, 5.74) is 3.19. The number of aliphatic hydroxyl groups excluding tert-OH is 1. The summed E-state index contributed by atoms with van der Waals surface area (Å²) in [4.78, 5) is 2.25. The fraction of sp³-hybridized carbons (Fsp3) is 0.333. The van der Waals surface area contributed by atoms with Crippen molar-refractivity contribution in [2.24, 2.45) is 0 Å². The molecule has 0 aliphatic heterocycles. The Labute approximate surface area is 112 Å². The first kappa shape index (κ1) is 13.1. The highest BCUT2D eigenvalue weighted by Gasteiger charge is 2.15. The molecule has 0 aliphatic rings. The third kappa shape index (κ3) is 2.42. The average Bonchev–Trinajstić information content (AvgIpc) is 2.68. The largest absolute Gasteiger partial charge is 0.496 e. The molecule has 0 bridgehead atoms. The average molecular weight is 262 g/mol. The van der Waals surface area contributed by atoms with Gasteiger partial charge in [0.2, 0.25) is 0 Å². The first-order valence-corrected chi connectivity index (χ1v) is 6.74. The first-order chi connectivity index (χ1) is 8.52. The van der Waals surface area contributed by atoms with Gasteiger partial charge in [0.1, 0.15) is 11.9 Å². The fourth-order valence-electron chi connectivity index (χ4n) is 1.97. The van der Waals surface area contributed by atoms with E-state index in [2.05, 4.69) is 19.9 Å². The number of hydrogen-bond acceptors (Lipinski definition) is 3. The SMILES string of the molecule is COc1ccc(C(O)c2cc(C)c(C)s2)cc1C. The Kier molecular flexibility index (Phi) is 3.73. The van der Waals surface area contributed by atoms with Crippen molar-refractivity contribution < 1.29 is 9.84 Å². The summed E-state index contributed by atoms with van der Waals surface area (Å²) in [6.45, 7) is 6.14. The Bertz CT molecular complexity index is 538. The van der Waals surface area contributed by atoms with Crippen molar-refractivity contribution >= 4 is 11.3 Å². The first-order valence-electron chi connectivity index (χ1n) is 5.92. The van der Waals surface area contributed by atoms with Crippen LogP contribution in [-0.4, -0.2) is 12.2 Å². The summed E-state index contributed by atoms with van der Waals surface area (Å²) in [6.07, 6.45) is -0.549. The molecule has 2 aromatic rings. The summed E-state index contributed by atoms with van der Waals surface area (Å²) in [7, 11) is 1.66. The Balaban J connectivity index is 2.33. The van der Waals surface area contributed by atoms with E-state index in [1.165, 1.54) is 10.4 Å². The van der Waals surface area contributed by atoms with Gasteiger partial charge in [0.15, 0.2) is 0 Å². The maximum atomic E-state index is 10.4. The van der Waals surface area contributed by atoms with Crippen LogP contribution in [0, 0.1) is 20.8 Å². The molecule has 1 aromatic carbocycles. The predicted octanol–water partition coefficient (Wildman–Crippen LogP) is 3.76. The lowest BCUT2D eigenvalue weighted by Crippen LogP contribution is -1.98. The monoisotopic (exact) mass is 262 g/mol. The number of aryl methyl sites for hydroxylation is 3. The van der Waals surface area contributed by atoms with E-state index in [4.69, 9.17) is 4.74 Å². The van der Waals surface area contributed by atoms with Crippen LogP contribution in [0.4, 0.5) is 0 Å². The molecule has 1 atom stereocenters. The quantitative estimate of drug-likeness (QED) is 0.912. The smallest absolute Gasteiger partial charge is 0.121 e.